The normalized spacial score (nSPS) is 21.8. The van der Waals surface area contributed by atoms with E-state index in [0.29, 0.717) is 5.92 Å². The number of rotatable bonds is 5. The molecule has 1 heterocycles. The van der Waals surface area contributed by atoms with Gasteiger partial charge in [-0.1, -0.05) is 12.8 Å². The molecule has 0 atom stereocenters. The summed E-state index contributed by atoms with van der Waals surface area (Å²) in [5, 5.41) is 11.7. The van der Waals surface area contributed by atoms with E-state index in [9.17, 15) is 0 Å². The third kappa shape index (κ3) is 2.43. The predicted molar refractivity (Wildman–Crippen MR) is 60.2 cm³/mol. The summed E-state index contributed by atoms with van der Waals surface area (Å²) in [6.07, 6.45) is 8.60. The van der Waals surface area contributed by atoms with E-state index in [2.05, 4.69) is 15.5 Å². The Balaban J connectivity index is 1.50. The average Bonchev–Trinajstić information content (AvgIpc) is 2.83. The fraction of sp³-hybridized carbons (Fsp3) is 0.833. The maximum Gasteiger partial charge on any atom is 0.219 e. The molecule has 1 aromatic rings. The first-order valence-corrected chi connectivity index (χ1v) is 6.47. The smallest absolute Gasteiger partial charge is 0.219 e. The van der Waals surface area contributed by atoms with Gasteiger partial charge >= 0.3 is 0 Å². The summed E-state index contributed by atoms with van der Waals surface area (Å²) in [6.45, 7) is 0.969. The minimum atomic E-state index is 0.539. The van der Waals surface area contributed by atoms with Gasteiger partial charge in [-0.3, -0.25) is 0 Å². The van der Waals surface area contributed by atoms with Crippen LogP contribution in [0.4, 0.5) is 0 Å². The molecule has 2 saturated carbocycles. The van der Waals surface area contributed by atoms with Gasteiger partial charge < -0.3 is 9.73 Å². The molecule has 2 fully saturated rings. The van der Waals surface area contributed by atoms with Crippen molar-refractivity contribution >= 4 is 0 Å². The van der Waals surface area contributed by atoms with E-state index in [0.717, 1.165) is 30.8 Å². The summed E-state index contributed by atoms with van der Waals surface area (Å²) in [5.74, 6) is 2.21. The van der Waals surface area contributed by atoms with E-state index in [4.69, 9.17) is 4.42 Å². The number of nitrogens with zero attached hydrogens (tertiary/aromatic N) is 2. The Morgan fingerprint density at radius 2 is 1.94 bits per heavy atom. The first-order valence-electron chi connectivity index (χ1n) is 6.47. The van der Waals surface area contributed by atoms with Crippen LogP contribution in [0.3, 0.4) is 0 Å². The molecule has 0 bridgehead atoms. The molecule has 0 aromatic carbocycles. The lowest BCUT2D eigenvalue weighted by atomic mass is 10.1. The second kappa shape index (κ2) is 4.53. The minimum Gasteiger partial charge on any atom is -0.425 e. The Kier molecular flexibility index (Phi) is 2.91. The molecule has 0 amide bonds. The number of nitrogens with one attached hydrogen (secondary N) is 1. The van der Waals surface area contributed by atoms with Crippen molar-refractivity contribution in [3.05, 3.63) is 11.8 Å². The highest BCUT2D eigenvalue weighted by Crippen LogP contribution is 2.33. The van der Waals surface area contributed by atoms with E-state index in [1.165, 1.54) is 38.5 Å². The van der Waals surface area contributed by atoms with E-state index in [1.807, 2.05) is 0 Å². The quantitative estimate of drug-likeness (QED) is 0.826. The van der Waals surface area contributed by atoms with Gasteiger partial charge in [0.2, 0.25) is 11.8 Å². The van der Waals surface area contributed by atoms with Crippen LogP contribution >= 0.6 is 0 Å². The fourth-order valence-corrected chi connectivity index (χ4v) is 2.38. The van der Waals surface area contributed by atoms with Crippen LogP contribution in [-0.4, -0.2) is 22.8 Å². The van der Waals surface area contributed by atoms with Crippen molar-refractivity contribution in [2.75, 3.05) is 6.54 Å². The van der Waals surface area contributed by atoms with Gasteiger partial charge in [-0.25, -0.2) is 0 Å². The zero-order valence-corrected chi connectivity index (χ0v) is 9.61. The average molecular weight is 221 g/mol. The van der Waals surface area contributed by atoms with Crippen LogP contribution in [0.5, 0.6) is 0 Å². The fourth-order valence-electron chi connectivity index (χ4n) is 2.38. The van der Waals surface area contributed by atoms with Crippen molar-refractivity contribution in [3.63, 3.8) is 0 Å². The third-order valence-electron chi connectivity index (χ3n) is 3.54. The van der Waals surface area contributed by atoms with Gasteiger partial charge in [-0.15, -0.1) is 10.2 Å². The van der Waals surface area contributed by atoms with E-state index in [-0.39, 0.29) is 0 Å². The zero-order valence-electron chi connectivity index (χ0n) is 9.61. The van der Waals surface area contributed by atoms with Crippen LogP contribution in [-0.2, 0) is 6.42 Å². The van der Waals surface area contributed by atoms with Gasteiger partial charge in [0, 0.05) is 24.9 Å². The zero-order chi connectivity index (χ0) is 10.8. The lowest BCUT2D eigenvalue weighted by Gasteiger charge is -2.01. The topological polar surface area (TPSA) is 51.0 Å². The molecule has 0 aliphatic heterocycles. The SMILES string of the molecule is C1CCC(c2nnc(CCNC3CC3)o2)C1. The molecule has 3 rings (SSSR count). The monoisotopic (exact) mass is 221 g/mol. The molecular weight excluding hydrogens is 202 g/mol. The Hall–Kier alpha value is -0.900. The summed E-state index contributed by atoms with van der Waals surface area (Å²) < 4.78 is 5.71. The van der Waals surface area contributed by atoms with Gasteiger partial charge in [-0.2, -0.15) is 0 Å². The summed E-state index contributed by atoms with van der Waals surface area (Å²) in [6, 6.07) is 0.761. The second-order valence-electron chi connectivity index (χ2n) is 4.99. The van der Waals surface area contributed by atoms with E-state index >= 15 is 0 Å². The molecule has 1 N–H and O–H groups in total. The van der Waals surface area contributed by atoms with Crippen molar-refractivity contribution in [2.24, 2.45) is 0 Å². The lowest BCUT2D eigenvalue weighted by molar-refractivity contribution is 0.412. The molecule has 0 spiro atoms. The first-order chi connectivity index (χ1) is 7.92. The Morgan fingerprint density at radius 3 is 2.69 bits per heavy atom. The largest absolute Gasteiger partial charge is 0.425 e. The number of aromatic nitrogens is 2. The van der Waals surface area contributed by atoms with Gasteiger partial charge in [0.1, 0.15) is 0 Å². The molecule has 16 heavy (non-hydrogen) atoms. The van der Waals surface area contributed by atoms with E-state index in [1.54, 1.807) is 0 Å². The second-order valence-corrected chi connectivity index (χ2v) is 4.99. The molecule has 0 saturated heterocycles. The number of hydrogen-bond donors (Lipinski definition) is 1. The van der Waals surface area contributed by atoms with Gasteiger partial charge in [0.15, 0.2) is 0 Å². The van der Waals surface area contributed by atoms with Gasteiger partial charge in [0.25, 0.3) is 0 Å². The van der Waals surface area contributed by atoms with Crippen LogP contribution < -0.4 is 5.32 Å². The van der Waals surface area contributed by atoms with E-state index < -0.39 is 0 Å². The maximum absolute atomic E-state index is 5.71. The van der Waals surface area contributed by atoms with Crippen molar-refractivity contribution in [3.8, 4) is 0 Å². The molecule has 2 aliphatic rings. The van der Waals surface area contributed by atoms with Crippen LogP contribution in [0, 0.1) is 0 Å². The van der Waals surface area contributed by atoms with Crippen LogP contribution in [0.25, 0.3) is 0 Å². The van der Waals surface area contributed by atoms with Crippen molar-refractivity contribution in [1.29, 1.82) is 0 Å². The van der Waals surface area contributed by atoms with Gasteiger partial charge in [0.05, 0.1) is 0 Å². The summed E-state index contributed by atoms with van der Waals surface area (Å²) >= 11 is 0. The highest BCUT2D eigenvalue weighted by Gasteiger charge is 2.23. The maximum atomic E-state index is 5.71. The van der Waals surface area contributed by atoms with Crippen molar-refractivity contribution in [2.45, 2.75) is 56.9 Å². The van der Waals surface area contributed by atoms with Gasteiger partial charge in [-0.05, 0) is 25.7 Å². The minimum absolute atomic E-state index is 0.539. The van der Waals surface area contributed by atoms with Crippen molar-refractivity contribution < 1.29 is 4.42 Å². The third-order valence-corrected chi connectivity index (χ3v) is 3.54. The Bertz CT molecular complexity index is 340. The Labute approximate surface area is 95.8 Å². The molecule has 88 valence electrons. The summed E-state index contributed by atoms with van der Waals surface area (Å²) in [5.41, 5.74) is 0. The molecule has 0 radical (unpaired) electrons. The molecule has 4 heteroatoms. The molecule has 0 unspecified atom stereocenters. The number of hydrogen-bond acceptors (Lipinski definition) is 4. The highest BCUT2D eigenvalue weighted by atomic mass is 16.4. The van der Waals surface area contributed by atoms with Crippen LogP contribution in [0.15, 0.2) is 4.42 Å². The molecule has 1 aromatic heterocycles. The Morgan fingerprint density at radius 1 is 1.12 bits per heavy atom. The summed E-state index contributed by atoms with van der Waals surface area (Å²) in [7, 11) is 0. The van der Waals surface area contributed by atoms with Crippen LogP contribution in [0.1, 0.15) is 56.2 Å². The molecular formula is C12H19N3O. The van der Waals surface area contributed by atoms with Crippen molar-refractivity contribution in [1.82, 2.24) is 15.5 Å². The molecule has 2 aliphatic carbocycles. The molecule has 4 nitrogen and oxygen atoms in total. The van der Waals surface area contributed by atoms with Crippen LogP contribution in [0.2, 0.25) is 0 Å². The summed E-state index contributed by atoms with van der Waals surface area (Å²) in [4.78, 5) is 0. The predicted octanol–water partition coefficient (Wildman–Crippen LogP) is 2.02. The standard InChI is InChI=1S/C12H19N3O/c1-2-4-9(3-1)12-15-14-11(16-12)7-8-13-10-5-6-10/h9-10,13H,1-8H2. The highest BCUT2D eigenvalue weighted by molar-refractivity contribution is 4.94. The first kappa shape index (κ1) is 10.3. The lowest BCUT2D eigenvalue weighted by Crippen LogP contribution is -2.19.